The number of amides is 1. The van der Waals surface area contributed by atoms with Gasteiger partial charge in [0.15, 0.2) is 0 Å². The van der Waals surface area contributed by atoms with E-state index >= 15 is 0 Å². The number of hydrazine groups is 1. The van der Waals surface area contributed by atoms with Crippen molar-refractivity contribution in [3.05, 3.63) is 46.1 Å². The number of hydrogen-bond acceptors (Lipinski definition) is 6. The topological polar surface area (TPSA) is 112 Å². The molecule has 8 heteroatoms. The first-order chi connectivity index (χ1) is 12.1. The summed E-state index contributed by atoms with van der Waals surface area (Å²) >= 11 is 0. The lowest BCUT2D eigenvalue weighted by Gasteiger charge is -2.11. The van der Waals surface area contributed by atoms with Gasteiger partial charge in [0, 0.05) is 54.8 Å². The van der Waals surface area contributed by atoms with Crippen LogP contribution in [0, 0.1) is 6.92 Å². The van der Waals surface area contributed by atoms with Gasteiger partial charge in [0.05, 0.1) is 0 Å². The highest BCUT2D eigenvalue weighted by molar-refractivity contribution is 5.76. The van der Waals surface area contributed by atoms with Crippen molar-refractivity contribution in [3.63, 3.8) is 0 Å². The molecule has 8 nitrogen and oxygen atoms in total. The quantitative estimate of drug-likeness (QED) is 0.590. The third kappa shape index (κ3) is 4.49. The Morgan fingerprint density at radius 3 is 2.84 bits per heavy atom. The minimum Gasteiger partial charge on any atom is -0.354 e. The predicted octanol–water partition coefficient (Wildman–Crippen LogP) is 0.0556. The molecular formula is C17H22N6O2. The molecule has 0 aliphatic carbocycles. The van der Waals surface area contributed by atoms with Crippen molar-refractivity contribution < 1.29 is 4.79 Å². The summed E-state index contributed by atoms with van der Waals surface area (Å²) in [6.07, 6.45) is 4.92. The molecule has 3 heterocycles. The molecule has 1 aliphatic heterocycles. The lowest BCUT2D eigenvalue weighted by atomic mass is 10.1. The molecule has 1 aliphatic rings. The second-order valence-electron chi connectivity index (χ2n) is 6.08. The normalized spacial score (nSPS) is 16.8. The monoisotopic (exact) mass is 342 g/mol. The van der Waals surface area contributed by atoms with Gasteiger partial charge in [0.2, 0.25) is 5.91 Å². The van der Waals surface area contributed by atoms with Crippen molar-refractivity contribution in [2.75, 3.05) is 13.1 Å². The van der Waals surface area contributed by atoms with Crippen molar-refractivity contribution in [1.29, 1.82) is 0 Å². The summed E-state index contributed by atoms with van der Waals surface area (Å²) < 4.78 is 0. The lowest BCUT2D eigenvalue weighted by molar-refractivity contribution is -0.121. The van der Waals surface area contributed by atoms with Crippen LogP contribution in [0.15, 0.2) is 29.3 Å². The lowest BCUT2D eigenvalue weighted by Crippen LogP contribution is -2.40. The second kappa shape index (κ2) is 8.00. The number of nitrogens with zero attached hydrogens (tertiary/aromatic N) is 2. The van der Waals surface area contributed by atoms with Gasteiger partial charge in [-0.15, -0.1) is 0 Å². The highest BCUT2D eigenvalue weighted by Gasteiger charge is 2.15. The summed E-state index contributed by atoms with van der Waals surface area (Å²) in [6, 6.07) is 3.84. The zero-order valence-corrected chi connectivity index (χ0v) is 14.1. The molecule has 1 saturated heterocycles. The second-order valence-corrected chi connectivity index (χ2v) is 6.08. The van der Waals surface area contributed by atoms with Gasteiger partial charge in [0.1, 0.15) is 5.82 Å². The molecule has 0 spiro atoms. The Labute approximate surface area is 145 Å². The number of carbonyl (C=O) groups excluding carboxylic acids is 1. The Kier molecular flexibility index (Phi) is 5.52. The molecule has 0 saturated carbocycles. The van der Waals surface area contributed by atoms with Crippen LogP contribution in [0.25, 0.3) is 11.4 Å². The molecule has 0 aromatic carbocycles. The molecule has 4 N–H and O–H groups in total. The van der Waals surface area contributed by atoms with Crippen LogP contribution in [-0.4, -0.2) is 40.0 Å². The molecule has 1 amide bonds. The zero-order valence-electron chi connectivity index (χ0n) is 14.1. The number of hydrogen-bond donors (Lipinski definition) is 4. The first-order valence-corrected chi connectivity index (χ1v) is 8.39. The first-order valence-electron chi connectivity index (χ1n) is 8.39. The van der Waals surface area contributed by atoms with Gasteiger partial charge in [-0.2, -0.15) is 0 Å². The first kappa shape index (κ1) is 17.2. The fourth-order valence-electron chi connectivity index (χ4n) is 2.80. The Hall–Kier alpha value is -2.58. The van der Waals surface area contributed by atoms with Crippen molar-refractivity contribution in [2.24, 2.45) is 0 Å². The van der Waals surface area contributed by atoms with Gasteiger partial charge >= 0.3 is 0 Å². The molecule has 1 unspecified atom stereocenters. The smallest absolute Gasteiger partial charge is 0.254 e. The van der Waals surface area contributed by atoms with Crippen molar-refractivity contribution >= 4 is 5.91 Å². The number of carbonyl (C=O) groups is 1. The minimum absolute atomic E-state index is 0.0642. The number of aryl methyl sites for hydroxylation is 1. The van der Waals surface area contributed by atoms with E-state index in [1.54, 1.807) is 31.5 Å². The van der Waals surface area contributed by atoms with Gasteiger partial charge in [-0.1, -0.05) is 0 Å². The van der Waals surface area contributed by atoms with E-state index < -0.39 is 0 Å². The van der Waals surface area contributed by atoms with Crippen LogP contribution in [0.5, 0.6) is 0 Å². The van der Waals surface area contributed by atoms with E-state index in [1.807, 2.05) is 0 Å². The predicted molar refractivity (Wildman–Crippen MR) is 93.7 cm³/mol. The van der Waals surface area contributed by atoms with Crippen LogP contribution in [-0.2, 0) is 11.2 Å². The van der Waals surface area contributed by atoms with E-state index in [9.17, 15) is 9.59 Å². The Balaban J connectivity index is 1.60. The summed E-state index contributed by atoms with van der Waals surface area (Å²) in [5, 5.41) is 2.89. The molecule has 1 fully saturated rings. The third-order valence-corrected chi connectivity index (χ3v) is 4.25. The van der Waals surface area contributed by atoms with Gasteiger partial charge in [-0.25, -0.2) is 4.98 Å². The molecule has 25 heavy (non-hydrogen) atoms. The average molecular weight is 342 g/mol. The summed E-state index contributed by atoms with van der Waals surface area (Å²) in [6.45, 7) is 3.28. The average Bonchev–Trinajstić information content (AvgIpc) is 3.13. The van der Waals surface area contributed by atoms with Crippen LogP contribution in [0.2, 0.25) is 0 Å². The zero-order chi connectivity index (χ0) is 17.6. The molecule has 2 aromatic rings. The van der Waals surface area contributed by atoms with Crippen LogP contribution in [0.1, 0.15) is 24.1 Å². The van der Waals surface area contributed by atoms with Crippen molar-refractivity contribution in [1.82, 2.24) is 31.1 Å². The summed E-state index contributed by atoms with van der Waals surface area (Å²) in [7, 11) is 0. The van der Waals surface area contributed by atoms with Crippen molar-refractivity contribution in [3.8, 4) is 11.4 Å². The van der Waals surface area contributed by atoms with E-state index in [-0.39, 0.29) is 23.9 Å². The molecule has 1 atom stereocenters. The standard InChI is InChI=1S/C17H22N6O2/c1-11-14(2-3-15(24)19-10-13-6-9-20-23-13)17(25)22-16(21-11)12-4-7-18-8-5-12/h4-5,7-8,13,20,23H,2-3,6,9-10H2,1H3,(H,19,24)(H,21,22,25). The highest BCUT2D eigenvalue weighted by Crippen LogP contribution is 2.13. The SMILES string of the molecule is Cc1nc(-c2ccncc2)[nH]c(=O)c1CCC(=O)NCC1CCNN1. The van der Waals surface area contributed by atoms with Crippen LogP contribution in [0.3, 0.4) is 0 Å². The highest BCUT2D eigenvalue weighted by atomic mass is 16.1. The fraction of sp³-hybridized carbons (Fsp3) is 0.412. The molecule has 0 bridgehead atoms. The number of H-pyrrole nitrogens is 1. The molecule has 0 radical (unpaired) electrons. The van der Waals surface area contributed by atoms with Crippen LogP contribution < -0.4 is 21.7 Å². The third-order valence-electron chi connectivity index (χ3n) is 4.25. The summed E-state index contributed by atoms with van der Waals surface area (Å²) in [5.41, 5.74) is 7.92. The number of pyridine rings is 1. The largest absolute Gasteiger partial charge is 0.354 e. The summed E-state index contributed by atoms with van der Waals surface area (Å²) in [4.78, 5) is 35.5. The minimum atomic E-state index is -0.200. The molecule has 3 rings (SSSR count). The Bertz CT molecular complexity index is 783. The Morgan fingerprint density at radius 2 is 2.16 bits per heavy atom. The maximum Gasteiger partial charge on any atom is 0.254 e. The molecule has 132 valence electrons. The number of rotatable bonds is 6. The van der Waals surface area contributed by atoms with E-state index in [2.05, 4.69) is 31.1 Å². The number of nitrogens with one attached hydrogen (secondary N) is 4. The van der Waals surface area contributed by atoms with E-state index in [4.69, 9.17) is 0 Å². The Morgan fingerprint density at radius 1 is 1.36 bits per heavy atom. The van der Waals surface area contributed by atoms with E-state index in [1.165, 1.54) is 0 Å². The maximum atomic E-state index is 12.4. The van der Waals surface area contributed by atoms with Gasteiger partial charge in [0.25, 0.3) is 5.56 Å². The fourth-order valence-corrected chi connectivity index (χ4v) is 2.80. The summed E-state index contributed by atoms with van der Waals surface area (Å²) in [5.74, 6) is 0.448. The number of aromatic amines is 1. The van der Waals surface area contributed by atoms with Gasteiger partial charge in [-0.05, 0) is 31.9 Å². The molecule has 2 aromatic heterocycles. The van der Waals surface area contributed by atoms with Gasteiger partial charge in [-0.3, -0.25) is 25.4 Å². The van der Waals surface area contributed by atoms with Crippen LogP contribution >= 0.6 is 0 Å². The van der Waals surface area contributed by atoms with Crippen molar-refractivity contribution in [2.45, 2.75) is 32.2 Å². The number of aromatic nitrogens is 3. The van der Waals surface area contributed by atoms with E-state index in [0.29, 0.717) is 30.0 Å². The van der Waals surface area contributed by atoms with Crippen LogP contribution in [0.4, 0.5) is 0 Å². The maximum absolute atomic E-state index is 12.4. The van der Waals surface area contributed by atoms with Gasteiger partial charge < -0.3 is 10.3 Å². The molecular weight excluding hydrogens is 320 g/mol. The van der Waals surface area contributed by atoms with E-state index in [0.717, 1.165) is 18.5 Å².